The molecule has 3 aromatic rings. The van der Waals surface area contributed by atoms with Crippen molar-refractivity contribution in [1.82, 2.24) is 14.5 Å². The number of amides is 2. The first-order valence-corrected chi connectivity index (χ1v) is 12.1. The summed E-state index contributed by atoms with van der Waals surface area (Å²) in [6.45, 7) is 4.72. The van der Waals surface area contributed by atoms with Crippen molar-refractivity contribution in [1.29, 1.82) is 5.26 Å². The summed E-state index contributed by atoms with van der Waals surface area (Å²) in [6.07, 6.45) is 6.45. The number of nitriles is 1. The number of aryl methyl sites for hydroxylation is 2. The summed E-state index contributed by atoms with van der Waals surface area (Å²) < 4.78 is 7.44. The monoisotopic (exact) mass is 471 g/mol. The van der Waals surface area contributed by atoms with E-state index >= 15 is 0 Å². The molecule has 0 saturated carbocycles. The van der Waals surface area contributed by atoms with Crippen LogP contribution in [0.2, 0.25) is 0 Å². The van der Waals surface area contributed by atoms with E-state index in [9.17, 15) is 9.59 Å². The largest absolute Gasteiger partial charge is 0.381 e. The van der Waals surface area contributed by atoms with E-state index in [1.165, 1.54) is 5.56 Å². The number of rotatable bonds is 4. The molecule has 1 unspecified atom stereocenters. The zero-order chi connectivity index (χ0) is 24.5. The van der Waals surface area contributed by atoms with Crippen LogP contribution in [0.15, 0.2) is 36.7 Å². The van der Waals surface area contributed by atoms with E-state index in [0.717, 1.165) is 48.9 Å². The second-order valence-electron chi connectivity index (χ2n) is 9.50. The average Bonchev–Trinajstić information content (AvgIpc) is 3.54. The van der Waals surface area contributed by atoms with Crippen molar-refractivity contribution in [2.75, 3.05) is 31.6 Å². The van der Waals surface area contributed by atoms with Gasteiger partial charge in [-0.1, -0.05) is 6.07 Å². The van der Waals surface area contributed by atoms with E-state index in [1.54, 1.807) is 30.5 Å². The number of hydrogen-bond acceptors (Lipinski definition) is 5. The van der Waals surface area contributed by atoms with Crippen LogP contribution in [0.25, 0.3) is 11.0 Å². The van der Waals surface area contributed by atoms with E-state index in [0.29, 0.717) is 35.9 Å². The lowest BCUT2D eigenvalue weighted by Crippen LogP contribution is -2.41. The third-order valence-corrected chi connectivity index (χ3v) is 7.30. The number of nitrogens with one attached hydrogen (secondary N) is 1. The van der Waals surface area contributed by atoms with Crippen molar-refractivity contribution in [2.45, 2.75) is 32.1 Å². The third-order valence-electron chi connectivity index (χ3n) is 7.30. The molecule has 2 amide bonds. The van der Waals surface area contributed by atoms with Gasteiger partial charge in [0.15, 0.2) is 0 Å². The van der Waals surface area contributed by atoms with Crippen molar-refractivity contribution in [3.8, 4) is 6.07 Å². The van der Waals surface area contributed by atoms with Crippen LogP contribution in [-0.4, -0.2) is 52.6 Å². The normalized spacial score (nSPS) is 18.5. The number of fused-ring (bicyclic) bond motifs is 1. The highest BCUT2D eigenvalue weighted by atomic mass is 16.5. The highest BCUT2D eigenvalue weighted by molar-refractivity contribution is 6.06. The summed E-state index contributed by atoms with van der Waals surface area (Å²) in [7, 11) is 1.99. The Labute approximate surface area is 204 Å². The fourth-order valence-electron chi connectivity index (χ4n) is 5.30. The molecule has 0 radical (unpaired) electrons. The Hall–Kier alpha value is -3.70. The summed E-state index contributed by atoms with van der Waals surface area (Å²) in [5.74, 6) is 0.283. The molecule has 8 nitrogen and oxygen atoms in total. The average molecular weight is 472 g/mol. The lowest BCUT2D eigenvalue weighted by Gasteiger charge is -2.33. The summed E-state index contributed by atoms with van der Waals surface area (Å²) in [4.78, 5) is 32.3. The molecular weight excluding hydrogens is 442 g/mol. The quantitative estimate of drug-likeness (QED) is 0.625. The van der Waals surface area contributed by atoms with Gasteiger partial charge in [-0.2, -0.15) is 5.26 Å². The van der Waals surface area contributed by atoms with Crippen LogP contribution in [0.3, 0.4) is 0 Å². The van der Waals surface area contributed by atoms with Crippen LogP contribution in [0, 0.1) is 24.2 Å². The molecule has 35 heavy (non-hydrogen) atoms. The highest BCUT2D eigenvalue weighted by Gasteiger charge is 2.32. The van der Waals surface area contributed by atoms with Gasteiger partial charge in [0.25, 0.3) is 5.91 Å². The first-order chi connectivity index (χ1) is 17.0. The number of carbonyl (C=O) groups is 2. The van der Waals surface area contributed by atoms with E-state index < -0.39 is 0 Å². The van der Waals surface area contributed by atoms with E-state index in [4.69, 9.17) is 10.00 Å². The number of ether oxygens (including phenoxy) is 1. The van der Waals surface area contributed by atoms with Crippen molar-refractivity contribution >= 4 is 28.5 Å². The fraction of sp³-hybridized carbons (Fsp3) is 0.407. The van der Waals surface area contributed by atoms with Crippen molar-refractivity contribution in [2.24, 2.45) is 13.0 Å². The Bertz CT molecular complexity index is 1320. The SMILES string of the molecule is Cc1c(NC(=O)c2cccc(C#N)c2)cnc2c1c(C1CCN(C(=O)C3CCOC3)CC1)cn2C. The number of hydrogen-bond donors (Lipinski definition) is 1. The molecular formula is C27H29N5O3. The number of anilines is 1. The molecule has 2 saturated heterocycles. The van der Waals surface area contributed by atoms with E-state index in [-0.39, 0.29) is 17.7 Å². The lowest BCUT2D eigenvalue weighted by molar-refractivity contribution is -0.136. The molecule has 2 aliphatic heterocycles. The van der Waals surface area contributed by atoms with E-state index in [2.05, 4.69) is 22.6 Å². The molecule has 2 fully saturated rings. The number of likely N-dealkylation sites (tertiary alicyclic amines) is 1. The summed E-state index contributed by atoms with van der Waals surface area (Å²) in [5, 5.41) is 13.2. The predicted molar refractivity (Wildman–Crippen MR) is 132 cm³/mol. The minimum atomic E-state index is -0.272. The molecule has 1 atom stereocenters. The predicted octanol–water partition coefficient (Wildman–Crippen LogP) is 3.75. The first kappa shape index (κ1) is 23.1. The summed E-state index contributed by atoms with van der Waals surface area (Å²) in [5.41, 5.74) is 4.60. The summed E-state index contributed by atoms with van der Waals surface area (Å²) >= 11 is 0. The maximum atomic E-state index is 12.9. The molecule has 5 rings (SSSR count). The number of pyridine rings is 1. The third kappa shape index (κ3) is 4.40. The number of benzene rings is 1. The van der Waals surface area contributed by atoms with Gasteiger partial charge in [-0.25, -0.2) is 4.98 Å². The molecule has 0 spiro atoms. The second kappa shape index (κ2) is 9.51. The Morgan fingerprint density at radius 1 is 1.23 bits per heavy atom. The smallest absolute Gasteiger partial charge is 0.255 e. The highest BCUT2D eigenvalue weighted by Crippen LogP contribution is 2.37. The minimum Gasteiger partial charge on any atom is -0.381 e. The van der Waals surface area contributed by atoms with Gasteiger partial charge in [0, 0.05) is 43.9 Å². The number of nitrogens with zero attached hydrogens (tertiary/aromatic N) is 4. The molecule has 2 aromatic heterocycles. The maximum absolute atomic E-state index is 12.9. The Balaban J connectivity index is 1.37. The molecule has 1 N–H and O–H groups in total. The number of aromatic nitrogens is 2. The topological polar surface area (TPSA) is 100 Å². The zero-order valence-corrected chi connectivity index (χ0v) is 20.1. The second-order valence-corrected chi connectivity index (χ2v) is 9.50. The number of carbonyl (C=O) groups excluding carboxylic acids is 2. The molecule has 0 aliphatic carbocycles. The molecule has 1 aromatic carbocycles. The lowest BCUT2D eigenvalue weighted by atomic mass is 9.88. The van der Waals surface area contributed by atoms with Crippen LogP contribution in [0.5, 0.6) is 0 Å². The van der Waals surface area contributed by atoms with Gasteiger partial charge in [0.05, 0.1) is 36.0 Å². The van der Waals surface area contributed by atoms with Crippen LogP contribution in [0.4, 0.5) is 5.69 Å². The Morgan fingerprint density at radius 2 is 2.03 bits per heavy atom. The van der Waals surface area contributed by atoms with Crippen LogP contribution < -0.4 is 5.32 Å². The van der Waals surface area contributed by atoms with Crippen molar-refractivity contribution in [3.05, 3.63) is 58.9 Å². The van der Waals surface area contributed by atoms with Crippen LogP contribution in [-0.2, 0) is 16.6 Å². The van der Waals surface area contributed by atoms with Gasteiger partial charge in [-0.3, -0.25) is 9.59 Å². The van der Waals surface area contributed by atoms with Gasteiger partial charge in [-0.15, -0.1) is 0 Å². The minimum absolute atomic E-state index is 0.00979. The molecule has 180 valence electrons. The molecule has 0 bridgehead atoms. The molecule has 8 heteroatoms. The Morgan fingerprint density at radius 3 is 2.74 bits per heavy atom. The zero-order valence-electron chi connectivity index (χ0n) is 20.1. The molecule has 2 aliphatic rings. The summed E-state index contributed by atoms with van der Waals surface area (Å²) in [6, 6.07) is 8.72. The maximum Gasteiger partial charge on any atom is 0.255 e. The number of piperidine rings is 1. The fourth-order valence-corrected chi connectivity index (χ4v) is 5.30. The first-order valence-electron chi connectivity index (χ1n) is 12.1. The van der Waals surface area contributed by atoms with Crippen molar-refractivity contribution in [3.63, 3.8) is 0 Å². The van der Waals surface area contributed by atoms with Gasteiger partial charge < -0.3 is 19.5 Å². The van der Waals surface area contributed by atoms with E-state index in [1.807, 2.05) is 23.4 Å². The van der Waals surface area contributed by atoms with Crippen LogP contribution in [0.1, 0.15) is 52.2 Å². The van der Waals surface area contributed by atoms with Gasteiger partial charge in [0.2, 0.25) is 5.91 Å². The Kier molecular flexibility index (Phi) is 6.27. The van der Waals surface area contributed by atoms with Gasteiger partial charge >= 0.3 is 0 Å². The van der Waals surface area contributed by atoms with Gasteiger partial charge in [-0.05, 0) is 61.4 Å². The molecule has 4 heterocycles. The standard InChI is InChI=1S/C27H29N5O3/c1-17-23(30-26(33)20-5-3-4-18(12-20)13-28)14-29-25-24(17)22(15-31(25)2)19-6-9-32(10-7-19)27(34)21-8-11-35-16-21/h3-5,12,14-15,19,21H,6-11,16H2,1-2H3,(H,30,33). The van der Waals surface area contributed by atoms with Crippen molar-refractivity contribution < 1.29 is 14.3 Å². The van der Waals surface area contributed by atoms with Gasteiger partial charge in [0.1, 0.15) is 5.65 Å². The van der Waals surface area contributed by atoms with Crippen LogP contribution >= 0.6 is 0 Å².